The third-order valence-corrected chi connectivity index (χ3v) is 4.52. The Labute approximate surface area is 108 Å². The fourth-order valence-electron chi connectivity index (χ4n) is 3.46. The van der Waals surface area contributed by atoms with Gasteiger partial charge >= 0.3 is 0 Å². The summed E-state index contributed by atoms with van der Waals surface area (Å²) in [4.78, 5) is 0. The first-order valence-corrected chi connectivity index (χ1v) is 7.11. The number of hydrogen-bond acceptors (Lipinski definition) is 2. The van der Waals surface area contributed by atoms with E-state index in [0.717, 1.165) is 12.8 Å². The molecule has 4 atom stereocenters. The Bertz CT molecular complexity index is 271. The summed E-state index contributed by atoms with van der Waals surface area (Å²) >= 11 is 0. The van der Waals surface area contributed by atoms with Crippen molar-refractivity contribution >= 4 is 0 Å². The number of halogens is 2. The van der Waals surface area contributed by atoms with Crippen LogP contribution in [0.25, 0.3) is 0 Å². The van der Waals surface area contributed by atoms with E-state index in [-0.39, 0.29) is 24.7 Å². The van der Waals surface area contributed by atoms with Gasteiger partial charge in [0.05, 0.1) is 6.10 Å². The molecule has 0 spiro atoms. The predicted molar refractivity (Wildman–Crippen MR) is 65.6 cm³/mol. The van der Waals surface area contributed by atoms with E-state index in [2.05, 4.69) is 6.92 Å². The van der Waals surface area contributed by atoms with E-state index in [1.54, 1.807) is 0 Å². The van der Waals surface area contributed by atoms with E-state index >= 15 is 0 Å². The molecule has 2 rings (SSSR count). The first kappa shape index (κ1) is 14.2. The number of hydrogen-bond donors (Lipinski definition) is 1. The molecule has 0 radical (unpaired) electrons. The van der Waals surface area contributed by atoms with E-state index in [1.807, 2.05) is 0 Å². The summed E-state index contributed by atoms with van der Waals surface area (Å²) in [5.41, 5.74) is 0. The fourth-order valence-corrected chi connectivity index (χ4v) is 3.46. The van der Waals surface area contributed by atoms with Gasteiger partial charge in [0.1, 0.15) is 0 Å². The average Bonchev–Trinajstić information content (AvgIpc) is 2.28. The normalized spacial score (nSPS) is 38.3. The zero-order valence-electron chi connectivity index (χ0n) is 11.1. The van der Waals surface area contributed by atoms with Crippen LogP contribution in [0.2, 0.25) is 0 Å². The van der Waals surface area contributed by atoms with Crippen LogP contribution in [0.1, 0.15) is 45.4 Å². The minimum Gasteiger partial charge on any atom is -0.393 e. The molecule has 1 N–H and O–H groups in total. The Morgan fingerprint density at radius 1 is 1.39 bits per heavy atom. The molecule has 18 heavy (non-hydrogen) atoms. The second-order valence-corrected chi connectivity index (χ2v) is 6.13. The van der Waals surface area contributed by atoms with Gasteiger partial charge in [0.2, 0.25) is 5.92 Å². The van der Waals surface area contributed by atoms with E-state index in [1.165, 1.54) is 0 Å². The van der Waals surface area contributed by atoms with Crippen LogP contribution in [0.4, 0.5) is 8.78 Å². The highest BCUT2D eigenvalue weighted by Crippen LogP contribution is 2.40. The van der Waals surface area contributed by atoms with Crippen LogP contribution < -0.4 is 0 Å². The molecule has 0 bridgehead atoms. The summed E-state index contributed by atoms with van der Waals surface area (Å²) in [6.07, 6.45) is 2.35. The van der Waals surface area contributed by atoms with Crippen molar-refractivity contribution < 1.29 is 18.6 Å². The highest BCUT2D eigenvalue weighted by Gasteiger charge is 2.38. The monoisotopic (exact) mass is 262 g/mol. The largest absolute Gasteiger partial charge is 0.393 e. The summed E-state index contributed by atoms with van der Waals surface area (Å²) in [7, 11) is 0. The molecule has 1 aliphatic heterocycles. The van der Waals surface area contributed by atoms with Crippen molar-refractivity contribution in [2.24, 2.45) is 17.8 Å². The van der Waals surface area contributed by atoms with Crippen molar-refractivity contribution in [3.05, 3.63) is 0 Å². The second kappa shape index (κ2) is 5.83. The van der Waals surface area contributed by atoms with Crippen LogP contribution in [0.3, 0.4) is 0 Å². The quantitative estimate of drug-likeness (QED) is 0.846. The Morgan fingerprint density at radius 2 is 2.17 bits per heavy atom. The van der Waals surface area contributed by atoms with Crippen LogP contribution in [0.15, 0.2) is 0 Å². The molecule has 0 aromatic carbocycles. The zero-order valence-corrected chi connectivity index (χ0v) is 11.1. The summed E-state index contributed by atoms with van der Waals surface area (Å²) in [5, 5.41) is 10.3. The summed E-state index contributed by atoms with van der Waals surface area (Å²) < 4.78 is 32.0. The highest BCUT2D eigenvalue weighted by atomic mass is 19.3. The average molecular weight is 262 g/mol. The lowest BCUT2D eigenvalue weighted by molar-refractivity contribution is -0.0728. The van der Waals surface area contributed by atoms with Crippen molar-refractivity contribution in [3.8, 4) is 0 Å². The Hall–Kier alpha value is -0.220. The fraction of sp³-hybridized carbons (Fsp3) is 1.00. The summed E-state index contributed by atoms with van der Waals surface area (Å²) in [5.74, 6) is -1.98. The van der Waals surface area contributed by atoms with Crippen molar-refractivity contribution in [3.63, 3.8) is 0 Å². The molecule has 0 amide bonds. The van der Waals surface area contributed by atoms with Gasteiger partial charge in [-0.1, -0.05) is 6.92 Å². The van der Waals surface area contributed by atoms with Crippen LogP contribution >= 0.6 is 0 Å². The van der Waals surface area contributed by atoms with Gasteiger partial charge in [-0.15, -0.1) is 0 Å². The molecule has 1 saturated carbocycles. The molecule has 4 unspecified atom stereocenters. The highest BCUT2D eigenvalue weighted by molar-refractivity contribution is 4.84. The van der Waals surface area contributed by atoms with E-state index in [4.69, 9.17) is 4.74 Å². The molecular formula is C14H24F2O2. The van der Waals surface area contributed by atoms with Gasteiger partial charge in [-0.25, -0.2) is 8.78 Å². The molecular weight excluding hydrogens is 238 g/mol. The number of aliphatic hydroxyl groups is 1. The Balaban J connectivity index is 1.84. The van der Waals surface area contributed by atoms with Gasteiger partial charge in [0.25, 0.3) is 0 Å². The molecule has 2 nitrogen and oxygen atoms in total. The molecule has 1 aliphatic carbocycles. The molecule has 0 aromatic heterocycles. The number of alkyl halides is 2. The first-order valence-electron chi connectivity index (χ1n) is 7.11. The molecule has 4 heteroatoms. The van der Waals surface area contributed by atoms with Gasteiger partial charge in [-0.05, 0) is 43.4 Å². The van der Waals surface area contributed by atoms with Gasteiger partial charge < -0.3 is 9.84 Å². The molecule has 2 fully saturated rings. The van der Waals surface area contributed by atoms with Crippen LogP contribution in [-0.2, 0) is 4.74 Å². The van der Waals surface area contributed by atoms with E-state index < -0.39 is 12.0 Å². The summed E-state index contributed by atoms with van der Waals surface area (Å²) in [6, 6.07) is 0. The lowest BCUT2D eigenvalue weighted by atomic mass is 9.77. The molecule has 2 aliphatic rings. The molecule has 1 heterocycles. The lowest BCUT2D eigenvalue weighted by Crippen LogP contribution is -2.37. The third-order valence-electron chi connectivity index (χ3n) is 4.52. The van der Waals surface area contributed by atoms with Crippen LogP contribution in [-0.4, -0.2) is 30.3 Å². The topological polar surface area (TPSA) is 29.5 Å². The maximum absolute atomic E-state index is 13.3. The van der Waals surface area contributed by atoms with E-state index in [9.17, 15) is 13.9 Å². The van der Waals surface area contributed by atoms with Gasteiger partial charge in [-0.2, -0.15) is 0 Å². The second-order valence-electron chi connectivity index (χ2n) is 6.13. The minimum atomic E-state index is -2.51. The molecule has 106 valence electrons. The number of rotatable bonds is 3. The first-order chi connectivity index (χ1) is 8.48. The predicted octanol–water partition coefficient (Wildman–Crippen LogP) is 3.24. The summed E-state index contributed by atoms with van der Waals surface area (Å²) in [6.45, 7) is 3.44. The minimum absolute atomic E-state index is 0.0150. The van der Waals surface area contributed by atoms with Gasteiger partial charge in [0, 0.05) is 26.1 Å². The Morgan fingerprint density at radius 3 is 2.83 bits per heavy atom. The maximum atomic E-state index is 13.3. The SMILES string of the molecule is CC1COCCC1C(O)CC1CCCC(F)(F)C1. The van der Waals surface area contributed by atoms with Crippen molar-refractivity contribution in [2.45, 2.75) is 57.5 Å². The van der Waals surface area contributed by atoms with Crippen LogP contribution in [0.5, 0.6) is 0 Å². The number of aliphatic hydroxyl groups excluding tert-OH is 1. The lowest BCUT2D eigenvalue weighted by Gasteiger charge is -2.36. The molecule has 0 aromatic rings. The third kappa shape index (κ3) is 3.64. The standard InChI is InChI=1S/C14H24F2O2/c1-10-9-18-6-4-12(10)13(17)7-11-3-2-5-14(15,16)8-11/h10-13,17H,2-9H2,1H3. The zero-order chi connectivity index (χ0) is 13.2. The van der Waals surface area contributed by atoms with E-state index in [0.29, 0.717) is 32.0 Å². The van der Waals surface area contributed by atoms with Crippen molar-refractivity contribution in [1.29, 1.82) is 0 Å². The smallest absolute Gasteiger partial charge is 0.248 e. The maximum Gasteiger partial charge on any atom is 0.248 e. The van der Waals surface area contributed by atoms with Crippen molar-refractivity contribution in [1.82, 2.24) is 0 Å². The van der Waals surface area contributed by atoms with Gasteiger partial charge in [0.15, 0.2) is 0 Å². The number of ether oxygens (including phenoxy) is 1. The Kier molecular flexibility index (Phi) is 4.59. The molecule has 1 saturated heterocycles. The van der Waals surface area contributed by atoms with Crippen molar-refractivity contribution in [2.75, 3.05) is 13.2 Å². The van der Waals surface area contributed by atoms with Gasteiger partial charge in [-0.3, -0.25) is 0 Å². The van der Waals surface area contributed by atoms with Crippen LogP contribution in [0, 0.1) is 17.8 Å².